The lowest BCUT2D eigenvalue weighted by molar-refractivity contribution is -0.359. The zero-order valence-electron chi connectivity index (χ0n) is 45.2. The van der Waals surface area contributed by atoms with Crippen LogP contribution in [-0.2, 0) is 23.7 Å². The van der Waals surface area contributed by atoms with E-state index in [9.17, 15) is 45.6 Å². The third-order valence-corrected chi connectivity index (χ3v) is 15.1. The Labute approximate surface area is 432 Å². The van der Waals surface area contributed by atoms with Gasteiger partial charge in [0.05, 0.1) is 32.0 Å². The van der Waals surface area contributed by atoms with Gasteiger partial charge in [-0.25, -0.2) is 0 Å². The van der Waals surface area contributed by atoms with E-state index in [4.69, 9.17) is 18.9 Å². The molecule has 2 aliphatic heterocycles. The average molecular weight is 1020 g/mol. The zero-order valence-corrected chi connectivity index (χ0v) is 45.2. The second kappa shape index (κ2) is 44.2. The van der Waals surface area contributed by atoms with Gasteiger partial charge >= 0.3 is 0 Å². The Hall–Kier alpha value is -1.01. The predicted octanol–water partition coefficient (Wildman–Crippen LogP) is 9.73. The van der Waals surface area contributed by atoms with E-state index < -0.39 is 86.8 Å². The van der Waals surface area contributed by atoms with E-state index >= 15 is 0 Å². The van der Waals surface area contributed by atoms with Crippen molar-refractivity contribution in [3.8, 4) is 0 Å². The quantitative estimate of drug-likeness (QED) is 0.0259. The van der Waals surface area contributed by atoms with Crippen LogP contribution in [-0.4, -0.2) is 140 Å². The van der Waals surface area contributed by atoms with Gasteiger partial charge in [-0.05, 0) is 12.8 Å². The van der Waals surface area contributed by atoms with Crippen molar-refractivity contribution in [1.29, 1.82) is 0 Å². The molecule has 0 bridgehead atoms. The second-order valence-corrected chi connectivity index (χ2v) is 21.5. The van der Waals surface area contributed by atoms with Crippen LogP contribution in [0.2, 0.25) is 0 Å². The lowest BCUT2D eigenvalue weighted by atomic mass is 9.97. The Morgan fingerprint density at radius 3 is 1.20 bits per heavy atom. The molecule has 1 amide bonds. The number of carbonyl (C=O) groups excluding carboxylic acids is 1. The van der Waals surface area contributed by atoms with Crippen LogP contribution in [0.4, 0.5) is 0 Å². The number of carbonyl (C=O) groups is 1. The Bertz CT molecular complexity index is 1200. The summed E-state index contributed by atoms with van der Waals surface area (Å²) in [4.78, 5) is 13.2. The van der Waals surface area contributed by atoms with E-state index in [-0.39, 0.29) is 12.5 Å². The van der Waals surface area contributed by atoms with E-state index in [1.165, 1.54) is 186 Å². The van der Waals surface area contributed by atoms with Gasteiger partial charge in [0.15, 0.2) is 12.6 Å². The highest BCUT2D eigenvalue weighted by Crippen LogP contribution is 2.30. The van der Waals surface area contributed by atoms with Crippen molar-refractivity contribution in [2.75, 3.05) is 19.8 Å². The molecule has 2 rings (SSSR count). The lowest BCUT2D eigenvalue weighted by Gasteiger charge is -2.46. The number of hydrogen-bond acceptors (Lipinski definition) is 13. The molecular formula is C57H111NO13. The van der Waals surface area contributed by atoms with Gasteiger partial charge in [-0.1, -0.05) is 245 Å². The topological polar surface area (TPSA) is 228 Å². The van der Waals surface area contributed by atoms with Gasteiger partial charge in [0.2, 0.25) is 5.91 Å². The molecule has 71 heavy (non-hydrogen) atoms. The van der Waals surface area contributed by atoms with Crippen LogP contribution >= 0.6 is 0 Å². The van der Waals surface area contributed by atoms with Crippen LogP contribution in [0.25, 0.3) is 0 Å². The normalized spacial score (nSPS) is 25.7. The van der Waals surface area contributed by atoms with Crippen molar-refractivity contribution in [2.24, 2.45) is 0 Å². The first-order valence-corrected chi connectivity index (χ1v) is 29.8. The first-order valence-electron chi connectivity index (χ1n) is 29.8. The zero-order chi connectivity index (χ0) is 51.7. The van der Waals surface area contributed by atoms with Crippen LogP contribution < -0.4 is 5.32 Å². The molecule has 0 spiro atoms. The van der Waals surface area contributed by atoms with E-state index in [1.807, 2.05) is 0 Å². The molecule has 2 aliphatic rings. The molecule has 0 aromatic heterocycles. The third kappa shape index (κ3) is 30.4. The monoisotopic (exact) mass is 1020 g/mol. The summed E-state index contributed by atoms with van der Waals surface area (Å²) in [6.45, 7) is 2.88. The average Bonchev–Trinajstić information content (AvgIpc) is 3.37. The van der Waals surface area contributed by atoms with Gasteiger partial charge in [-0.2, -0.15) is 0 Å². The third-order valence-electron chi connectivity index (χ3n) is 15.1. The van der Waals surface area contributed by atoms with E-state index in [0.717, 1.165) is 51.4 Å². The Balaban J connectivity index is 1.69. The summed E-state index contributed by atoms with van der Waals surface area (Å²) < 4.78 is 22.8. The standard InChI is InChI=1S/C57H111NO13/c1-3-5-7-9-11-13-15-16-17-18-19-20-21-22-23-24-25-26-27-28-29-31-32-34-36-38-40-46(61)45(58-49(62)41-39-37-35-33-30-14-12-10-8-6-4-2)44-68-56-54(67)52(65)55(48(43-60)70-56)71-57-53(66)51(64)50(63)47(42-59)69-57/h45-48,50-57,59-61,63-67H,3-44H2,1-2H3,(H,58,62). The van der Waals surface area contributed by atoms with Crippen molar-refractivity contribution in [3.63, 3.8) is 0 Å². The van der Waals surface area contributed by atoms with E-state index in [1.54, 1.807) is 0 Å². The molecule has 9 N–H and O–H groups in total. The van der Waals surface area contributed by atoms with Gasteiger partial charge in [-0.3, -0.25) is 4.79 Å². The molecule has 2 heterocycles. The van der Waals surface area contributed by atoms with Crippen LogP contribution in [0, 0.1) is 0 Å². The Kier molecular flexibility index (Phi) is 41.1. The van der Waals surface area contributed by atoms with Crippen molar-refractivity contribution in [2.45, 2.75) is 338 Å². The summed E-state index contributed by atoms with van der Waals surface area (Å²) in [5.74, 6) is -0.204. The van der Waals surface area contributed by atoms with Crippen LogP contribution in [0.1, 0.15) is 264 Å². The second-order valence-electron chi connectivity index (χ2n) is 21.5. The van der Waals surface area contributed by atoms with Gasteiger partial charge in [0.25, 0.3) is 0 Å². The highest BCUT2D eigenvalue weighted by atomic mass is 16.7. The summed E-state index contributed by atoms with van der Waals surface area (Å²) in [6, 6.07) is -0.821. The number of rotatable bonds is 48. The minimum Gasteiger partial charge on any atom is -0.394 e. The molecule has 0 aromatic rings. The molecule has 2 fully saturated rings. The van der Waals surface area contributed by atoms with Crippen LogP contribution in [0.3, 0.4) is 0 Å². The van der Waals surface area contributed by atoms with E-state index in [0.29, 0.717) is 12.8 Å². The van der Waals surface area contributed by atoms with Crippen molar-refractivity contribution in [3.05, 3.63) is 0 Å². The van der Waals surface area contributed by atoms with Gasteiger partial charge in [-0.15, -0.1) is 0 Å². The number of amides is 1. The largest absolute Gasteiger partial charge is 0.394 e. The smallest absolute Gasteiger partial charge is 0.220 e. The van der Waals surface area contributed by atoms with Gasteiger partial charge < -0.3 is 65.1 Å². The highest BCUT2D eigenvalue weighted by Gasteiger charge is 2.51. The van der Waals surface area contributed by atoms with E-state index in [2.05, 4.69) is 19.2 Å². The maximum Gasteiger partial charge on any atom is 0.220 e. The van der Waals surface area contributed by atoms with Crippen molar-refractivity contribution >= 4 is 5.91 Å². The fourth-order valence-electron chi connectivity index (χ4n) is 10.2. The molecular weight excluding hydrogens is 907 g/mol. The molecule has 12 unspecified atom stereocenters. The number of nitrogens with one attached hydrogen (secondary N) is 1. The highest BCUT2D eigenvalue weighted by molar-refractivity contribution is 5.76. The molecule has 0 radical (unpaired) electrons. The van der Waals surface area contributed by atoms with Crippen LogP contribution in [0.5, 0.6) is 0 Å². The molecule has 0 aromatic carbocycles. The fourth-order valence-corrected chi connectivity index (χ4v) is 10.2. The van der Waals surface area contributed by atoms with Crippen molar-refractivity contribution < 1.29 is 64.6 Å². The summed E-state index contributed by atoms with van der Waals surface area (Å²) in [5, 5.41) is 87.1. The first kappa shape index (κ1) is 66.1. The summed E-state index contributed by atoms with van der Waals surface area (Å²) in [5.41, 5.74) is 0. The van der Waals surface area contributed by atoms with Gasteiger partial charge in [0, 0.05) is 6.42 Å². The Morgan fingerprint density at radius 2 is 0.803 bits per heavy atom. The van der Waals surface area contributed by atoms with Crippen LogP contribution in [0.15, 0.2) is 0 Å². The maximum atomic E-state index is 13.2. The predicted molar refractivity (Wildman–Crippen MR) is 282 cm³/mol. The molecule has 14 nitrogen and oxygen atoms in total. The SMILES string of the molecule is CCCCCCCCCCCCCCCCCCCCCCCCCCCCC(O)C(COC1OC(CO)C(OC2OC(CO)C(O)C(O)C2O)C(O)C1O)NC(=O)CCCCCCCCCCCCC. The molecule has 14 heteroatoms. The lowest BCUT2D eigenvalue weighted by Crippen LogP contribution is -2.65. The summed E-state index contributed by atoms with van der Waals surface area (Å²) >= 11 is 0. The molecule has 2 saturated heterocycles. The first-order chi connectivity index (χ1) is 34.6. The minimum atomic E-state index is -1.78. The number of unbranched alkanes of at least 4 members (excludes halogenated alkanes) is 35. The minimum absolute atomic E-state index is 0.204. The van der Waals surface area contributed by atoms with Gasteiger partial charge in [0.1, 0.15) is 48.8 Å². The number of aliphatic hydroxyl groups is 8. The number of ether oxygens (including phenoxy) is 4. The summed E-state index contributed by atoms with van der Waals surface area (Å²) in [7, 11) is 0. The van der Waals surface area contributed by atoms with Crippen molar-refractivity contribution in [1.82, 2.24) is 5.32 Å². The molecule has 12 atom stereocenters. The number of aliphatic hydroxyl groups excluding tert-OH is 8. The molecule has 0 aliphatic carbocycles. The maximum absolute atomic E-state index is 13.2. The molecule has 422 valence electrons. The Morgan fingerprint density at radius 1 is 0.451 bits per heavy atom. The number of hydrogen-bond donors (Lipinski definition) is 9. The summed E-state index contributed by atoms with van der Waals surface area (Å²) in [6.07, 6.45) is 31.2. The molecule has 0 saturated carbocycles. The fraction of sp³-hybridized carbons (Fsp3) is 0.982.